The van der Waals surface area contributed by atoms with E-state index in [1.165, 1.54) is 58.2 Å². The second kappa shape index (κ2) is 6.54. The van der Waals surface area contributed by atoms with E-state index < -0.39 is 0 Å². The molecule has 3 heteroatoms. The number of hydrogen-bond acceptors (Lipinski definition) is 3. The van der Waals surface area contributed by atoms with Crippen molar-refractivity contribution in [3.63, 3.8) is 0 Å². The van der Waals surface area contributed by atoms with Crippen LogP contribution in [-0.4, -0.2) is 37.1 Å². The third-order valence-electron chi connectivity index (χ3n) is 4.40. The van der Waals surface area contributed by atoms with Gasteiger partial charge in [0, 0.05) is 25.6 Å². The molecule has 1 saturated carbocycles. The number of hydrogen-bond donors (Lipinski definition) is 1. The molecule has 1 aliphatic heterocycles. The molecule has 102 valence electrons. The number of nitrogens with zero attached hydrogens (tertiary/aromatic N) is 2. The molecule has 18 heavy (non-hydrogen) atoms. The van der Waals surface area contributed by atoms with E-state index in [1.54, 1.807) is 0 Å². The lowest BCUT2D eigenvalue weighted by atomic mass is 10.0. The molecule has 3 nitrogen and oxygen atoms in total. The van der Waals surface area contributed by atoms with Crippen molar-refractivity contribution in [1.82, 2.24) is 10.2 Å². The Morgan fingerprint density at radius 3 is 2.78 bits per heavy atom. The SMILES string of the molecule is CCCN(CC1CCCCN1)CC1(CC#N)CC1. The zero-order chi connectivity index (χ0) is 12.8. The molecule has 0 aromatic heterocycles. The third kappa shape index (κ3) is 3.96. The smallest absolute Gasteiger partial charge is 0.0628 e. The van der Waals surface area contributed by atoms with Gasteiger partial charge < -0.3 is 10.2 Å². The van der Waals surface area contributed by atoms with Gasteiger partial charge in [-0.2, -0.15) is 5.26 Å². The Hall–Kier alpha value is -0.590. The molecule has 1 atom stereocenters. The van der Waals surface area contributed by atoms with Crippen LogP contribution in [0.1, 0.15) is 51.9 Å². The number of piperidine rings is 1. The normalized spacial score (nSPS) is 25.9. The summed E-state index contributed by atoms with van der Waals surface area (Å²) < 4.78 is 0. The Bertz CT molecular complexity index is 285. The lowest BCUT2D eigenvalue weighted by molar-refractivity contribution is 0.187. The Morgan fingerprint density at radius 2 is 2.22 bits per heavy atom. The summed E-state index contributed by atoms with van der Waals surface area (Å²) in [6.45, 7) is 6.96. The molecule has 2 rings (SSSR count). The van der Waals surface area contributed by atoms with Crippen molar-refractivity contribution in [3.05, 3.63) is 0 Å². The van der Waals surface area contributed by atoms with Gasteiger partial charge in [-0.1, -0.05) is 13.3 Å². The number of nitrogens with one attached hydrogen (secondary N) is 1. The molecule has 0 spiro atoms. The molecule has 0 aromatic rings. The monoisotopic (exact) mass is 249 g/mol. The summed E-state index contributed by atoms with van der Waals surface area (Å²) in [7, 11) is 0. The van der Waals surface area contributed by atoms with Gasteiger partial charge in [0.25, 0.3) is 0 Å². The maximum atomic E-state index is 8.93. The van der Waals surface area contributed by atoms with Crippen LogP contribution in [0.4, 0.5) is 0 Å². The maximum Gasteiger partial charge on any atom is 0.0628 e. The summed E-state index contributed by atoms with van der Waals surface area (Å²) in [5.41, 5.74) is 0.360. The Morgan fingerprint density at radius 1 is 1.39 bits per heavy atom. The van der Waals surface area contributed by atoms with E-state index in [-0.39, 0.29) is 0 Å². The largest absolute Gasteiger partial charge is 0.313 e. The van der Waals surface area contributed by atoms with Crippen molar-refractivity contribution in [1.29, 1.82) is 5.26 Å². The summed E-state index contributed by atoms with van der Waals surface area (Å²) in [4.78, 5) is 2.60. The van der Waals surface area contributed by atoms with Crippen LogP contribution < -0.4 is 5.32 Å². The Kier molecular flexibility index (Phi) is 5.03. The minimum absolute atomic E-state index is 0.360. The predicted octanol–water partition coefficient (Wildman–Crippen LogP) is 2.53. The second-order valence-corrected chi connectivity index (χ2v) is 6.22. The van der Waals surface area contributed by atoms with Crippen molar-refractivity contribution in [3.8, 4) is 6.07 Å². The van der Waals surface area contributed by atoms with E-state index >= 15 is 0 Å². The van der Waals surface area contributed by atoms with Crippen molar-refractivity contribution in [2.24, 2.45) is 5.41 Å². The zero-order valence-corrected chi connectivity index (χ0v) is 11.7. The average Bonchev–Trinajstić information content (AvgIpc) is 3.11. The summed E-state index contributed by atoms with van der Waals surface area (Å²) in [6, 6.07) is 3.06. The van der Waals surface area contributed by atoms with Crippen LogP contribution in [0.15, 0.2) is 0 Å². The highest BCUT2D eigenvalue weighted by Gasteiger charge is 2.43. The van der Waals surface area contributed by atoms with Crippen molar-refractivity contribution >= 4 is 0 Å². The van der Waals surface area contributed by atoms with Crippen LogP contribution in [0.5, 0.6) is 0 Å². The van der Waals surface area contributed by atoms with E-state index in [2.05, 4.69) is 23.2 Å². The van der Waals surface area contributed by atoms with Crippen LogP contribution in [0.25, 0.3) is 0 Å². The Labute approximate surface area is 112 Å². The summed E-state index contributed by atoms with van der Waals surface area (Å²) in [5.74, 6) is 0. The molecule has 0 radical (unpaired) electrons. The predicted molar refractivity (Wildman–Crippen MR) is 74.3 cm³/mol. The first-order valence-corrected chi connectivity index (χ1v) is 7.61. The fourth-order valence-electron chi connectivity index (χ4n) is 3.15. The lowest BCUT2D eigenvalue weighted by Gasteiger charge is -2.32. The fourth-order valence-corrected chi connectivity index (χ4v) is 3.15. The van der Waals surface area contributed by atoms with Crippen LogP contribution in [-0.2, 0) is 0 Å². The fraction of sp³-hybridized carbons (Fsp3) is 0.933. The first kappa shape index (κ1) is 13.8. The maximum absolute atomic E-state index is 8.93. The molecule has 1 saturated heterocycles. The van der Waals surface area contributed by atoms with Gasteiger partial charge in [-0.05, 0) is 50.6 Å². The van der Waals surface area contributed by atoms with Crippen molar-refractivity contribution in [2.45, 2.75) is 57.9 Å². The molecule has 2 aliphatic rings. The quantitative estimate of drug-likeness (QED) is 0.753. The zero-order valence-electron chi connectivity index (χ0n) is 11.7. The first-order valence-electron chi connectivity index (χ1n) is 7.61. The first-order chi connectivity index (χ1) is 8.78. The molecule has 1 unspecified atom stereocenters. The van der Waals surface area contributed by atoms with E-state index in [0.29, 0.717) is 11.5 Å². The van der Waals surface area contributed by atoms with Gasteiger partial charge in [0.1, 0.15) is 0 Å². The van der Waals surface area contributed by atoms with Crippen LogP contribution in [0, 0.1) is 16.7 Å². The third-order valence-corrected chi connectivity index (χ3v) is 4.40. The van der Waals surface area contributed by atoms with E-state index in [1.807, 2.05) is 0 Å². The summed E-state index contributed by atoms with van der Waals surface area (Å²) in [6.07, 6.45) is 8.54. The molecule has 1 N–H and O–H groups in total. The van der Waals surface area contributed by atoms with Gasteiger partial charge in [0.2, 0.25) is 0 Å². The van der Waals surface area contributed by atoms with E-state index in [9.17, 15) is 0 Å². The topological polar surface area (TPSA) is 39.1 Å². The van der Waals surface area contributed by atoms with Crippen LogP contribution in [0.3, 0.4) is 0 Å². The Balaban J connectivity index is 1.81. The van der Waals surface area contributed by atoms with Gasteiger partial charge in [0.05, 0.1) is 6.07 Å². The highest BCUT2D eigenvalue weighted by molar-refractivity contribution is 5.01. The van der Waals surface area contributed by atoms with Crippen LogP contribution in [0.2, 0.25) is 0 Å². The molecule has 1 aliphatic carbocycles. The molecular formula is C15H27N3. The van der Waals surface area contributed by atoms with E-state index in [4.69, 9.17) is 5.26 Å². The van der Waals surface area contributed by atoms with Gasteiger partial charge in [0.15, 0.2) is 0 Å². The average molecular weight is 249 g/mol. The summed E-state index contributed by atoms with van der Waals surface area (Å²) in [5, 5.41) is 12.6. The second-order valence-electron chi connectivity index (χ2n) is 6.22. The standard InChI is InChI=1S/C15H27N3/c1-2-11-18(12-14-5-3-4-10-17-14)13-15(6-7-15)8-9-16/h14,17H,2-8,10-13H2,1H3. The van der Waals surface area contributed by atoms with Crippen molar-refractivity contribution in [2.75, 3.05) is 26.2 Å². The molecular weight excluding hydrogens is 222 g/mol. The minimum atomic E-state index is 0.360. The highest BCUT2D eigenvalue weighted by atomic mass is 15.2. The molecule has 2 fully saturated rings. The molecule has 0 amide bonds. The van der Waals surface area contributed by atoms with Crippen LogP contribution >= 0.6 is 0 Å². The van der Waals surface area contributed by atoms with Gasteiger partial charge in [-0.15, -0.1) is 0 Å². The van der Waals surface area contributed by atoms with E-state index in [0.717, 1.165) is 13.0 Å². The molecule has 1 heterocycles. The number of nitriles is 1. The summed E-state index contributed by atoms with van der Waals surface area (Å²) >= 11 is 0. The highest BCUT2D eigenvalue weighted by Crippen LogP contribution is 2.49. The lowest BCUT2D eigenvalue weighted by Crippen LogP contribution is -2.45. The van der Waals surface area contributed by atoms with Gasteiger partial charge in [-0.25, -0.2) is 0 Å². The van der Waals surface area contributed by atoms with Gasteiger partial charge in [-0.3, -0.25) is 0 Å². The van der Waals surface area contributed by atoms with Gasteiger partial charge >= 0.3 is 0 Å². The van der Waals surface area contributed by atoms with Crippen molar-refractivity contribution < 1.29 is 0 Å². The number of rotatable bonds is 7. The molecule has 0 bridgehead atoms. The molecule has 0 aromatic carbocycles. The minimum Gasteiger partial charge on any atom is -0.313 e.